The van der Waals surface area contributed by atoms with Gasteiger partial charge in [-0.25, -0.2) is 9.97 Å². The van der Waals surface area contributed by atoms with Crippen molar-refractivity contribution in [3.63, 3.8) is 0 Å². The van der Waals surface area contributed by atoms with E-state index in [0.29, 0.717) is 0 Å². The molecule has 0 amide bonds. The molecule has 3 aromatic rings. The van der Waals surface area contributed by atoms with Gasteiger partial charge in [0.05, 0.1) is 25.6 Å². The van der Waals surface area contributed by atoms with Crippen molar-refractivity contribution in [2.24, 2.45) is 0 Å². The molecule has 5 nitrogen and oxygen atoms in total. The van der Waals surface area contributed by atoms with Gasteiger partial charge in [-0.05, 0) is 43.9 Å². The summed E-state index contributed by atoms with van der Waals surface area (Å²) in [7, 11) is 3.34. The summed E-state index contributed by atoms with van der Waals surface area (Å²) in [6.45, 7) is 2.12. The predicted molar refractivity (Wildman–Crippen MR) is 101 cm³/mol. The van der Waals surface area contributed by atoms with Gasteiger partial charge in [0.25, 0.3) is 0 Å². The third-order valence-corrected chi connectivity index (χ3v) is 5.96. The molecule has 1 unspecified atom stereocenters. The molecule has 0 radical (unpaired) electrons. The van der Waals surface area contributed by atoms with Gasteiger partial charge in [-0.3, -0.25) is 0 Å². The van der Waals surface area contributed by atoms with E-state index in [1.807, 2.05) is 18.2 Å². The first-order chi connectivity index (χ1) is 12.2. The number of methoxy groups -OCH3 is 2. The number of nitrogens with zero attached hydrogens (tertiary/aromatic N) is 2. The van der Waals surface area contributed by atoms with Crippen molar-refractivity contribution in [1.29, 1.82) is 0 Å². The lowest BCUT2D eigenvalue weighted by molar-refractivity contribution is 0.390. The average molecular weight is 355 g/mol. The van der Waals surface area contributed by atoms with Crippen LogP contribution in [0.25, 0.3) is 10.2 Å². The van der Waals surface area contributed by atoms with Gasteiger partial charge in [0, 0.05) is 16.5 Å². The smallest absolute Gasteiger partial charge is 0.138 e. The summed E-state index contributed by atoms with van der Waals surface area (Å²) in [6, 6.07) is 5.95. The van der Waals surface area contributed by atoms with E-state index in [-0.39, 0.29) is 6.04 Å². The number of nitrogens with one attached hydrogen (secondary N) is 1. The molecule has 6 heteroatoms. The van der Waals surface area contributed by atoms with Gasteiger partial charge < -0.3 is 14.8 Å². The quantitative estimate of drug-likeness (QED) is 0.736. The highest BCUT2D eigenvalue weighted by atomic mass is 32.1. The number of hydrogen-bond donors (Lipinski definition) is 1. The third-order valence-electron chi connectivity index (χ3n) is 4.76. The largest absolute Gasteiger partial charge is 0.497 e. The maximum absolute atomic E-state index is 5.54. The fourth-order valence-electron chi connectivity index (χ4n) is 3.50. The van der Waals surface area contributed by atoms with E-state index < -0.39 is 0 Å². The average Bonchev–Trinajstić information content (AvgIpc) is 3.22. The molecule has 0 fully saturated rings. The van der Waals surface area contributed by atoms with Gasteiger partial charge in [0.15, 0.2) is 0 Å². The zero-order valence-electron chi connectivity index (χ0n) is 14.6. The van der Waals surface area contributed by atoms with Gasteiger partial charge in [0.1, 0.15) is 28.5 Å². The third kappa shape index (κ3) is 2.80. The Hall–Kier alpha value is -2.34. The van der Waals surface area contributed by atoms with E-state index in [2.05, 4.69) is 22.2 Å². The number of thiophene rings is 1. The summed E-state index contributed by atoms with van der Waals surface area (Å²) in [5, 5.41) is 4.76. The molecule has 1 aliphatic carbocycles. The lowest BCUT2D eigenvalue weighted by atomic mass is 10.1. The lowest BCUT2D eigenvalue weighted by Gasteiger charge is -2.19. The van der Waals surface area contributed by atoms with Crippen LogP contribution in [0.15, 0.2) is 24.5 Å². The number of hydrogen-bond acceptors (Lipinski definition) is 6. The van der Waals surface area contributed by atoms with Crippen LogP contribution in [0.4, 0.5) is 5.82 Å². The molecule has 0 saturated carbocycles. The van der Waals surface area contributed by atoms with Crippen LogP contribution in [0.3, 0.4) is 0 Å². The zero-order chi connectivity index (χ0) is 17.4. The number of fused-ring (bicyclic) bond motifs is 3. The van der Waals surface area contributed by atoms with Crippen molar-refractivity contribution < 1.29 is 9.47 Å². The molecule has 2 aromatic heterocycles. The Labute approximate surface area is 151 Å². The van der Waals surface area contributed by atoms with Crippen LogP contribution in [0.5, 0.6) is 11.5 Å². The summed E-state index contributed by atoms with van der Waals surface area (Å²) < 4.78 is 10.8. The second-order valence-corrected chi connectivity index (χ2v) is 7.32. The Bertz CT molecular complexity index is 922. The topological polar surface area (TPSA) is 56.3 Å². The minimum atomic E-state index is 0.0518. The van der Waals surface area contributed by atoms with Gasteiger partial charge in [-0.1, -0.05) is 0 Å². The summed E-state index contributed by atoms with van der Waals surface area (Å²) in [5.74, 6) is 2.50. The molecule has 0 aliphatic heterocycles. The zero-order valence-corrected chi connectivity index (χ0v) is 15.4. The standard InChI is InChI=1S/C19H21N3O2S/c1-11(13-8-7-12(23-2)9-15(13)24-3)22-18-17-14-5-4-6-16(14)25-19(17)21-10-20-18/h7-11H,4-6H2,1-3H3,(H,20,21,22). The number of benzene rings is 1. The van der Waals surface area contributed by atoms with Crippen LogP contribution in [0, 0.1) is 0 Å². The van der Waals surface area contributed by atoms with Crippen molar-refractivity contribution in [2.75, 3.05) is 19.5 Å². The minimum Gasteiger partial charge on any atom is -0.497 e. The van der Waals surface area contributed by atoms with Crippen molar-refractivity contribution in [3.05, 3.63) is 40.5 Å². The normalized spacial score (nSPS) is 14.4. The lowest BCUT2D eigenvalue weighted by Crippen LogP contribution is -2.10. The Morgan fingerprint density at radius 1 is 1.16 bits per heavy atom. The second-order valence-electron chi connectivity index (χ2n) is 6.23. The maximum Gasteiger partial charge on any atom is 0.138 e. The van der Waals surface area contributed by atoms with Gasteiger partial charge in [-0.2, -0.15) is 0 Å². The van der Waals surface area contributed by atoms with Crippen molar-refractivity contribution in [2.45, 2.75) is 32.2 Å². The Kier molecular flexibility index (Phi) is 4.21. The van der Waals surface area contributed by atoms with Crippen molar-refractivity contribution in [1.82, 2.24) is 9.97 Å². The monoisotopic (exact) mass is 355 g/mol. The van der Waals surface area contributed by atoms with E-state index >= 15 is 0 Å². The summed E-state index contributed by atoms with van der Waals surface area (Å²) in [5.41, 5.74) is 2.50. The van der Waals surface area contributed by atoms with Crippen LogP contribution in [-0.4, -0.2) is 24.2 Å². The SMILES string of the molecule is COc1ccc(C(C)Nc2ncnc3sc4c(c23)CCC4)c(OC)c1. The highest BCUT2D eigenvalue weighted by molar-refractivity contribution is 7.19. The summed E-state index contributed by atoms with van der Waals surface area (Å²) in [6.07, 6.45) is 5.16. The van der Waals surface area contributed by atoms with E-state index in [1.54, 1.807) is 31.9 Å². The van der Waals surface area contributed by atoms with E-state index in [9.17, 15) is 0 Å². The van der Waals surface area contributed by atoms with Gasteiger partial charge in [0.2, 0.25) is 0 Å². The molecular weight excluding hydrogens is 334 g/mol. The molecule has 1 atom stereocenters. The molecule has 1 aromatic carbocycles. The van der Waals surface area contributed by atoms with E-state index in [1.165, 1.54) is 22.2 Å². The number of anilines is 1. The Balaban J connectivity index is 1.70. The predicted octanol–water partition coefficient (Wildman–Crippen LogP) is 4.37. The van der Waals surface area contributed by atoms with Crippen LogP contribution in [0.1, 0.15) is 35.4 Å². The van der Waals surface area contributed by atoms with Crippen LogP contribution >= 0.6 is 11.3 Å². The molecule has 0 bridgehead atoms. The summed E-state index contributed by atoms with van der Waals surface area (Å²) in [4.78, 5) is 11.5. The molecule has 130 valence electrons. The molecule has 25 heavy (non-hydrogen) atoms. The molecule has 4 rings (SSSR count). The van der Waals surface area contributed by atoms with E-state index in [0.717, 1.165) is 40.6 Å². The van der Waals surface area contributed by atoms with Crippen LogP contribution < -0.4 is 14.8 Å². The number of ether oxygens (including phenoxy) is 2. The maximum atomic E-state index is 5.54. The first kappa shape index (κ1) is 16.1. The number of rotatable bonds is 5. The highest BCUT2D eigenvalue weighted by Crippen LogP contribution is 2.40. The molecule has 1 N–H and O–H groups in total. The minimum absolute atomic E-state index is 0.0518. The summed E-state index contributed by atoms with van der Waals surface area (Å²) >= 11 is 1.80. The molecule has 0 spiro atoms. The first-order valence-electron chi connectivity index (χ1n) is 8.45. The van der Waals surface area contributed by atoms with Crippen LogP contribution in [-0.2, 0) is 12.8 Å². The fraction of sp³-hybridized carbons (Fsp3) is 0.368. The van der Waals surface area contributed by atoms with Gasteiger partial charge >= 0.3 is 0 Å². The molecule has 0 saturated heterocycles. The highest BCUT2D eigenvalue weighted by Gasteiger charge is 2.22. The van der Waals surface area contributed by atoms with Crippen LogP contribution in [0.2, 0.25) is 0 Å². The molecular formula is C19H21N3O2S. The second kappa shape index (κ2) is 6.52. The molecule has 1 aliphatic rings. The number of aromatic nitrogens is 2. The molecule has 2 heterocycles. The Morgan fingerprint density at radius 2 is 2.04 bits per heavy atom. The number of aryl methyl sites for hydroxylation is 2. The fourth-order valence-corrected chi connectivity index (χ4v) is 4.73. The Morgan fingerprint density at radius 3 is 2.84 bits per heavy atom. The first-order valence-corrected chi connectivity index (χ1v) is 9.26. The van der Waals surface area contributed by atoms with E-state index in [4.69, 9.17) is 9.47 Å². The van der Waals surface area contributed by atoms with Crippen molar-refractivity contribution in [3.8, 4) is 11.5 Å². The van der Waals surface area contributed by atoms with Crippen molar-refractivity contribution >= 4 is 27.4 Å². The van der Waals surface area contributed by atoms with Gasteiger partial charge in [-0.15, -0.1) is 11.3 Å².